The summed E-state index contributed by atoms with van der Waals surface area (Å²) < 4.78 is 0. The van der Waals surface area contributed by atoms with Crippen molar-refractivity contribution in [2.75, 3.05) is 0 Å². The lowest BCUT2D eigenvalue weighted by molar-refractivity contribution is -0.172. The minimum atomic E-state index is -2.36. The van der Waals surface area contributed by atoms with Crippen molar-refractivity contribution in [2.45, 2.75) is 118 Å². The van der Waals surface area contributed by atoms with Gasteiger partial charge >= 0.3 is 11.9 Å². The summed E-state index contributed by atoms with van der Waals surface area (Å²) >= 11 is 0. The van der Waals surface area contributed by atoms with E-state index in [-0.39, 0.29) is 0 Å². The minimum absolute atomic E-state index is 0.899. The first-order chi connectivity index (χ1) is 15.6. The molecule has 0 saturated carbocycles. The molecule has 0 fully saturated rings. The van der Waals surface area contributed by atoms with E-state index in [0.29, 0.717) is 0 Å². The molecule has 0 saturated heterocycles. The van der Waals surface area contributed by atoms with Gasteiger partial charge in [0.1, 0.15) is 12.2 Å². The number of carboxylic acids is 2. The van der Waals surface area contributed by atoms with E-state index in [4.69, 9.17) is 30.6 Å². The molecule has 6 atom stereocenters. The van der Waals surface area contributed by atoms with Crippen molar-refractivity contribution in [3.63, 3.8) is 0 Å². The van der Waals surface area contributed by atoms with E-state index in [9.17, 15) is 9.59 Å². The van der Waals surface area contributed by atoms with Gasteiger partial charge in [-0.25, -0.2) is 9.59 Å². The zero-order valence-corrected chi connectivity index (χ0v) is 22.4. The van der Waals surface area contributed by atoms with E-state index in [2.05, 4.69) is 67.5 Å². The van der Waals surface area contributed by atoms with Gasteiger partial charge in [0.25, 0.3) is 0 Å². The maximum absolute atomic E-state index is 10.1. The van der Waals surface area contributed by atoms with Gasteiger partial charge < -0.3 is 30.6 Å². The summed E-state index contributed by atoms with van der Waals surface area (Å²) in [6.45, 7) is 17.8. The van der Waals surface area contributed by atoms with Gasteiger partial charge in [0.2, 0.25) is 0 Å². The Hall–Kier alpha value is -1.74. The fraction of sp³-hybridized carbons (Fsp3) is 0.769. The number of rotatable bonds is 13. The lowest BCUT2D eigenvalue weighted by atomic mass is 10.0. The molecule has 0 aliphatic heterocycles. The average molecular weight is 491 g/mol. The van der Waals surface area contributed by atoms with Crippen LogP contribution in [0.25, 0.3) is 0 Å². The van der Waals surface area contributed by atoms with Crippen molar-refractivity contribution in [1.82, 2.24) is 0 Å². The Morgan fingerprint density at radius 3 is 1.09 bits per heavy atom. The number of hydrogen-bond acceptors (Lipinski definition) is 6. The van der Waals surface area contributed by atoms with Crippen LogP contribution in [0.4, 0.5) is 0 Å². The fourth-order valence-electron chi connectivity index (χ4n) is 2.39. The van der Waals surface area contributed by atoms with Crippen LogP contribution < -0.4 is 0 Å². The minimum Gasteiger partial charge on any atom is -0.479 e. The van der Waals surface area contributed by atoms with Crippen LogP contribution in [-0.4, -0.2) is 67.0 Å². The number of allylic oxidation sites excluding steroid dienone is 4. The number of carbonyl (C=O) groups is 2. The Bertz CT molecular complexity index is 540. The zero-order valence-electron chi connectivity index (χ0n) is 22.4. The molecular formula is C26H50O8. The molecule has 0 spiro atoms. The summed E-state index contributed by atoms with van der Waals surface area (Å²) in [7, 11) is 0. The monoisotopic (exact) mass is 490 g/mol. The van der Waals surface area contributed by atoms with Crippen molar-refractivity contribution in [1.29, 1.82) is 0 Å². The molecule has 0 aromatic carbocycles. The highest BCUT2D eigenvalue weighted by atomic mass is 16.4. The summed E-state index contributed by atoms with van der Waals surface area (Å²) in [5, 5.41) is 51.5. The van der Waals surface area contributed by atoms with Gasteiger partial charge in [-0.15, -0.1) is 0 Å². The molecule has 0 aliphatic rings. The molecule has 0 rings (SSSR count). The van der Waals surface area contributed by atoms with Crippen LogP contribution in [0.3, 0.4) is 0 Å². The second-order valence-electron chi connectivity index (χ2n) is 9.29. The molecule has 202 valence electrons. The van der Waals surface area contributed by atoms with E-state index in [1.54, 1.807) is 0 Å². The lowest BCUT2D eigenvalue weighted by Crippen LogP contribution is -2.49. The van der Waals surface area contributed by atoms with Crippen LogP contribution in [0.2, 0.25) is 0 Å². The maximum Gasteiger partial charge on any atom is 0.335 e. The summed E-state index contributed by atoms with van der Waals surface area (Å²) in [6.07, 6.45) is 3.22. The second kappa shape index (κ2) is 21.8. The number of carboxylic acid groups (broad SMARTS) is 2. The van der Waals surface area contributed by atoms with Crippen LogP contribution in [0, 0.1) is 11.8 Å². The molecule has 0 aromatic rings. The van der Waals surface area contributed by atoms with Crippen LogP contribution >= 0.6 is 0 Å². The molecule has 0 aromatic heterocycles. The maximum atomic E-state index is 10.1. The molecule has 0 amide bonds. The number of hydrogen-bond donors (Lipinski definition) is 6. The van der Waals surface area contributed by atoms with Crippen molar-refractivity contribution in [2.24, 2.45) is 11.8 Å². The molecule has 4 unspecified atom stereocenters. The number of aliphatic hydroxyl groups excluding tert-OH is 4. The third kappa shape index (κ3) is 22.1. The first-order valence-electron chi connectivity index (χ1n) is 12.1. The van der Waals surface area contributed by atoms with E-state index in [1.807, 2.05) is 0 Å². The Morgan fingerprint density at radius 2 is 0.912 bits per heavy atom. The van der Waals surface area contributed by atoms with Crippen LogP contribution in [0.15, 0.2) is 23.3 Å². The highest BCUT2D eigenvalue weighted by Crippen LogP contribution is 2.11. The average Bonchev–Trinajstić information content (AvgIpc) is 2.76. The summed E-state index contributed by atoms with van der Waals surface area (Å²) in [4.78, 5) is 20.2. The van der Waals surface area contributed by atoms with Crippen LogP contribution in [0.5, 0.6) is 0 Å². The van der Waals surface area contributed by atoms with Crippen molar-refractivity contribution in [3.8, 4) is 0 Å². The van der Waals surface area contributed by atoms with Gasteiger partial charge in [-0.2, -0.15) is 0 Å². The van der Waals surface area contributed by atoms with Gasteiger partial charge in [0.05, 0.1) is 0 Å². The van der Waals surface area contributed by atoms with Crippen molar-refractivity contribution >= 4 is 11.9 Å². The van der Waals surface area contributed by atoms with Gasteiger partial charge in [0, 0.05) is 0 Å². The Labute approximate surface area is 206 Å². The number of aliphatic carboxylic acids is 2. The molecule has 34 heavy (non-hydrogen) atoms. The SMILES string of the molecule is CCC(C)CCC=C(C)C.CCC(C)CCC=C(C)C.O=C(O)C(O)C(O)[C@@H](O)[C@H](O)C(=O)O. The highest BCUT2D eigenvalue weighted by Gasteiger charge is 2.37. The van der Waals surface area contributed by atoms with E-state index < -0.39 is 36.4 Å². The second-order valence-corrected chi connectivity index (χ2v) is 9.29. The quantitative estimate of drug-likeness (QED) is 0.210. The summed E-state index contributed by atoms with van der Waals surface area (Å²) in [5.41, 5.74) is 2.90. The predicted octanol–water partition coefficient (Wildman–Crippen LogP) is 4.16. The fourth-order valence-corrected chi connectivity index (χ4v) is 2.39. The third-order valence-electron chi connectivity index (χ3n) is 5.32. The molecule has 0 bridgehead atoms. The molecule has 6 N–H and O–H groups in total. The van der Waals surface area contributed by atoms with Crippen molar-refractivity contribution < 1.29 is 40.2 Å². The largest absolute Gasteiger partial charge is 0.479 e. The zero-order chi connectivity index (χ0) is 27.4. The first-order valence-corrected chi connectivity index (χ1v) is 12.1. The van der Waals surface area contributed by atoms with Gasteiger partial charge in [-0.1, -0.05) is 63.8 Å². The molecule has 8 nitrogen and oxygen atoms in total. The van der Waals surface area contributed by atoms with E-state index in [1.165, 1.54) is 49.7 Å². The Kier molecular flexibility index (Phi) is 23.6. The standard InChI is InChI=1S/2C10H20.C6H10O8/c2*1-5-10(4)8-6-7-9(2)3;7-1(3(9)5(11)12)2(8)4(10)6(13)14/h2*7,10H,5-6,8H2,1-4H3;1-4,7-10H,(H,11,12)(H,13,14)/t;;1-,2?,3+,4?/m..1/s1. The third-order valence-corrected chi connectivity index (χ3v) is 5.32. The van der Waals surface area contributed by atoms with Crippen molar-refractivity contribution in [3.05, 3.63) is 23.3 Å². The Morgan fingerprint density at radius 1 is 0.647 bits per heavy atom. The van der Waals surface area contributed by atoms with Crippen LogP contribution in [0.1, 0.15) is 93.9 Å². The normalized spacial score (nSPS) is 15.5. The number of aliphatic hydroxyl groups is 4. The van der Waals surface area contributed by atoms with E-state index >= 15 is 0 Å². The summed E-state index contributed by atoms with van der Waals surface area (Å²) in [5.74, 6) is -1.88. The molecule has 0 heterocycles. The molecule has 8 heteroatoms. The van der Waals surface area contributed by atoms with Gasteiger partial charge in [-0.05, 0) is 65.2 Å². The molecule has 0 aliphatic carbocycles. The summed E-state index contributed by atoms with van der Waals surface area (Å²) in [6, 6.07) is 0. The topological polar surface area (TPSA) is 156 Å². The van der Waals surface area contributed by atoms with Gasteiger partial charge in [-0.3, -0.25) is 0 Å². The van der Waals surface area contributed by atoms with Crippen LogP contribution in [-0.2, 0) is 9.59 Å². The molecular weight excluding hydrogens is 440 g/mol. The Balaban J connectivity index is -0.000000434. The smallest absolute Gasteiger partial charge is 0.335 e. The highest BCUT2D eigenvalue weighted by molar-refractivity contribution is 5.75. The molecule has 0 radical (unpaired) electrons. The first kappa shape index (κ1) is 36.8. The van der Waals surface area contributed by atoms with E-state index in [0.717, 1.165) is 11.8 Å². The predicted molar refractivity (Wildman–Crippen MR) is 136 cm³/mol. The lowest BCUT2D eigenvalue weighted by Gasteiger charge is -2.21. The van der Waals surface area contributed by atoms with Gasteiger partial charge in [0.15, 0.2) is 12.2 Å².